The van der Waals surface area contributed by atoms with Gasteiger partial charge in [0.15, 0.2) is 0 Å². The molecule has 3 rings (SSSR count). The number of nitrogens with zero attached hydrogens (tertiary/aromatic N) is 1. The van der Waals surface area contributed by atoms with Crippen LogP contribution in [0.25, 0.3) is 0 Å². The van der Waals surface area contributed by atoms with Gasteiger partial charge in [-0.3, -0.25) is 19.7 Å². The Morgan fingerprint density at radius 1 is 1.36 bits per heavy atom. The van der Waals surface area contributed by atoms with E-state index in [0.29, 0.717) is 31.6 Å². The summed E-state index contributed by atoms with van der Waals surface area (Å²) < 4.78 is 0. The van der Waals surface area contributed by atoms with Crippen LogP contribution < -0.4 is 16.4 Å². The van der Waals surface area contributed by atoms with Crippen molar-refractivity contribution >= 4 is 17.7 Å². The predicted octanol–water partition coefficient (Wildman–Crippen LogP) is -1.14. The third-order valence-electron chi connectivity index (χ3n) is 4.60. The van der Waals surface area contributed by atoms with E-state index in [-0.39, 0.29) is 30.9 Å². The quantitative estimate of drug-likeness (QED) is 0.483. The third-order valence-corrected chi connectivity index (χ3v) is 4.60. The lowest BCUT2D eigenvalue weighted by Crippen LogP contribution is -2.52. The van der Waals surface area contributed by atoms with Crippen LogP contribution in [0.15, 0.2) is 18.2 Å². The molecular formula is C17H22N4O4. The second-order valence-corrected chi connectivity index (χ2v) is 6.42. The Morgan fingerprint density at radius 2 is 2.16 bits per heavy atom. The topological polar surface area (TPSA) is 125 Å². The molecule has 3 amide bonds. The molecule has 25 heavy (non-hydrogen) atoms. The monoisotopic (exact) mass is 346 g/mol. The molecular weight excluding hydrogens is 324 g/mol. The number of imide groups is 1. The number of carbonyl (C=O) groups is 3. The second-order valence-electron chi connectivity index (χ2n) is 6.42. The number of nitrogens with one attached hydrogen (secondary N) is 2. The van der Waals surface area contributed by atoms with Crippen LogP contribution in [0.4, 0.5) is 0 Å². The lowest BCUT2D eigenvalue weighted by molar-refractivity contribution is -0.136. The fourth-order valence-electron chi connectivity index (χ4n) is 3.29. The molecule has 1 aromatic rings. The highest BCUT2D eigenvalue weighted by Crippen LogP contribution is 2.29. The highest BCUT2D eigenvalue weighted by molar-refractivity contribution is 6.05. The van der Waals surface area contributed by atoms with Crippen molar-refractivity contribution in [3.8, 4) is 0 Å². The fraction of sp³-hybridized carbons (Fsp3) is 0.471. The number of rotatable bonds is 6. The molecule has 8 nitrogen and oxygen atoms in total. The van der Waals surface area contributed by atoms with E-state index in [0.717, 1.165) is 11.1 Å². The molecule has 0 radical (unpaired) electrons. The zero-order valence-electron chi connectivity index (χ0n) is 13.8. The van der Waals surface area contributed by atoms with Crippen molar-refractivity contribution in [2.24, 2.45) is 5.73 Å². The van der Waals surface area contributed by atoms with Crippen molar-refractivity contribution in [1.82, 2.24) is 15.5 Å². The Bertz CT molecular complexity index is 706. The second kappa shape index (κ2) is 7.30. The van der Waals surface area contributed by atoms with Gasteiger partial charge in [0.1, 0.15) is 6.04 Å². The lowest BCUT2D eigenvalue weighted by atomic mass is 10.0. The molecule has 0 aliphatic carbocycles. The van der Waals surface area contributed by atoms with E-state index in [4.69, 9.17) is 10.8 Å². The number of aliphatic hydroxyl groups excluding tert-OH is 1. The highest BCUT2D eigenvalue weighted by Gasteiger charge is 2.39. The highest BCUT2D eigenvalue weighted by atomic mass is 16.3. The van der Waals surface area contributed by atoms with Gasteiger partial charge in [-0.1, -0.05) is 18.2 Å². The zero-order valence-corrected chi connectivity index (χ0v) is 13.8. The number of carbonyl (C=O) groups excluding carboxylic acids is 3. The summed E-state index contributed by atoms with van der Waals surface area (Å²) in [5.41, 5.74) is 7.98. The Kier molecular flexibility index (Phi) is 5.12. The minimum Gasteiger partial charge on any atom is -0.395 e. The van der Waals surface area contributed by atoms with E-state index in [9.17, 15) is 14.4 Å². The number of piperidine rings is 1. The molecule has 1 aromatic carbocycles. The van der Waals surface area contributed by atoms with E-state index < -0.39 is 11.9 Å². The molecule has 2 aliphatic rings. The fourth-order valence-corrected chi connectivity index (χ4v) is 3.29. The van der Waals surface area contributed by atoms with Gasteiger partial charge < -0.3 is 21.1 Å². The van der Waals surface area contributed by atoms with Crippen molar-refractivity contribution in [2.45, 2.75) is 38.0 Å². The first-order valence-electron chi connectivity index (χ1n) is 8.34. The van der Waals surface area contributed by atoms with Gasteiger partial charge in [-0.15, -0.1) is 0 Å². The molecule has 1 saturated heterocycles. The first-order chi connectivity index (χ1) is 12.0. The summed E-state index contributed by atoms with van der Waals surface area (Å²) in [6.45, 7) is 1.14. The average molecular weight is 346 g/mol. The SMILES string of the molecule is N[C@@H](CO)CNCc1cccc2c1C(=O)N(C1CCC(=O)NC1=O)C2. The third kappa shape index (κ3) is 3.55. The van der Waals surface area contributed by atoms with Crippen LogP contribution in [-0.2, 0) is 22.7 Å². The van der Waals surface area contributed by atoms with Crippen LogP contribution in [0.5, 0.6) is 0 Å². The van der Waals surface area contributed by atoms with E-state index in [1.54, 1.807) is 0 Å². The molecule has 0 saturated carbocycles. The maximum absolute atomic E-state index is 12.9. The van der Waals surface area contributed by atoms with Gasteiger partial charge in [-0.2, -0.15) is 0 Å². The molecule has 2 heterocycles. The number of hydrogen-bond acceptors (Lipinski definition) is 6. The number of hydrogen-bond donors (Lipinski definition) is 4. The van der Waals surface area contributed by atoms with E-state index in [2.05, 4.69) is 10.6 Å². The van der Waals surface area contributed by atoms with E-state index >= 15 is 0 Å². The van der Waals surface area contributed by atoms with Crippen LogP contribution in [0.2, 0.25) is 0 Å². The van der Waals surface area contributed by atoms with Gasteiger partial charge >= 0.3 is 0 Å². The molecule has 8 heteroatoms. The predicted molar refractivity (Wildman–Crippen MR) is 89.3 cm³/mol. The maximum Gasteiger partial charge on any atom is 0.255 e. The summed E-state index contributed by atoms with van der Waals surface area (Å²) in [4.78, 5) is 37.8. The largest absolute Gasteiger partial charge is 0.395 e. The van der Waals surface area contributed by atoms with Gasteiger partial charge in [-0.25, -0.2) is 0 Å². The normalized spacial score (nSPS) is 21.3. The van der Waals surface area contributed by atoms with E-state index in [1.807, 2.05) is 18.2 Å². The molecule has 1 unspecified atom stereocenters. The van der Waals surface area contributed by atoms with Crippen LogP contribution in [-0.4, -0.2) is 53.0 Å². The Balaban J connectivity index is 1.74. The first-order valence-corrected chi connectivity index (χ1v) is 8.34. The van der Waals surface area contributed by atoms with Crippen LogP contribution in [0, 0.1) is 0 Å². The lowest BCUT2D eigenvalue weighted by Gasteiger charge is -2.29. The minimum atomic E-state index is -0.610. The van der Waals surface area contributed by atoms with Crippen molar-refractivity contribution < 1.29 is 19.5 Å². The minimum absolute atomic E-state index is 0.109. The molecule has 134 valence electrons. The molecule has 1 fully saturated rings. The molecule has 0 aromatic heterocycles. The van der Waals surface area contributed by atoms with Crippen LogP contribution >= 0.6 is 0 Å². The van der Waals surface area contributed by atoms with E-state index in [1.165, 1.54) is 4.90 Å². The van der Waals surface area contributed by atoms with Crippen LogP contribution in [0.1, 0.15) is 34.3 Å². The number of nitrogens with two attached hydrogens (primary N) is 1. The smallest absolute Gasteiger partial charge is 0.255 e. The van der Waals surface area contributed by atoms with Crippen molar-refractivity contribution in [3.63, 3.8) is 0 Å². The molecule has 0 bridgehead atoms. The summed E-state index contributed by atoms with van der Waals surface area (Å²) in [6.07, 6.45) is 0.591. The molecule has 5 N–H and O–H groups in total. The van der Waals surface area contributed by atoms with Gasteiger partial charge in [0.25, 0.3) is 5.91 Å². The maximum atomic E-state index is 12.9. The average Bonchev–Trinajstić information content (AvgIpc) is 2.92. The van der Waals surface area contributed by atoms with Gasteiger partial charge in [0.2, 0.25) is 11.8 Å². The Hall–Kier alpha value is -2.29. The molecule has 0 spiro atoms. The van der Waals surface area contributed by atoms with Gasteiger partial charge in [-0.05, 0) is 17.5 Å². The van der Waals surface area contributed by atoms with Gasteiger partial charge in [0, 0.05) is 37.7 Å². The summed E-state index contributed by atoms with van der Waals surface area (Å²) >= 11 is 0. The standard InChI is InChI=1S/C17H22N4O4/c18-12(9-22)7-19-6-10-2-1-3-11-8-21(17(25)15(10)11)13-4-5-14(23)20-16(13)24/h1-3,12-13,19,22H,4-9,18H2,(H,20,23,24)/t12-,13?/m1/s1. The Labute approximate surface area is 145 Å². The van der Waals surface area contributed by atoms with Crippen molar-refractivity contribution in [2.75, 3.05) is 13.2 Å². The molecule has 2 atom stereocenters. The summed E-state index contributed by atoms with van der Waals surface area (Å²) in [5, 5.41) is 14.4. The van der Waals surface area contributed by atoms with Crippen molar-refractivity contribution in [3.05, 3.63) is 34.9 Å². The zero-order chi connectivity index (χ0) is 18.0. The Morgan fingerprint density at radius 3 is 2.88 bits per heavy atom. The van der Waals surface area contributed by atoms with Crippen LogP contribution in [0.3, 0.4) is 0 Å². The number of amides is 3. The van der Waals surface area contributed by atoms with Gasteiger partial charge in [0.05, 0.1) is 6.61 Å². The first kappa shape index (κ1) is 17.5. The summed E-state index contributed by atoms with van der Waals surface area (Å²) in [6, 6.07) is 4.65. The number of aliphatic hydroxyl groups is 1. The summed E-state index contributed by atoms with van der Waals surface area (Å²) in [7, 11) is 0. The summed E-state index contributed by atoms with van der Waals surface area (Å²) in [5.74, 6) is -0.894. The number of benzene rings is 1. The van der Waals surface area contributed by atoms with Crippen molar-refractivity contribution in [1.29, 1.82) is 0 Å². The number of fused-ring (bicyclic) bond motifs is 1. The molecule has 2 aliphatic heterocycles.